The van der Waals surface area contributed by atoms with Crippen LogP contribution in [-0.4, -0.2) is 76.8 Å². The van der Waals surface area contributed by atoms with E-state index in [2.05, 4.69) is 30.6 Å². The smallest absolute Gasteiger partial charge is 0.350 e. The monoisotopic (exact) mass is 427 g/mol. The zero-order chi connectivity index (χ0) is 20.9. The first-order chi connectivity index (χ1) is 14.7. The molecule has 1 fully saturated rings. The summed E-state index contributed by atoms with van der Waals surface area (Å²) in [7, 11) is 1.32. The maximum Gasteiger partial charge on any atom is 0.350 e. The summed E-state index contributed by atoms with van der Waals surface area (Å²) >= 11 is 1.24. The van der Waals surface area contributed by atoms with Crippen LogP contribution in [-0.2, 0) is 9.53 Å². The Kier molecular flexibility index (Phi) is 6.00. The van der Waals surface area contributed by atoms with Crippen LogP contribution in [0.2, 0.25) is 0 Å². The van der Waals surface area contributed by atoms with Crippen LogP contribution in [0.25, 0.3) is 5.69 Å². The molecule has 4 rings (SSSR count). The average molecular weight is 427 g/mol. The summed E-state index contributed by atoms with van der Waals surface area (Å²) < 4.78 is 6.46. The first kappa shape index (κ1) is 20.0. The minimum atomic E-state index is -0.454. The second kappa shape index (κ2) is 9.01. The van der Waals surface area contributed by atoms with E-state index >= 15 is 0 Å². The third-order valence-corrected chi connectivity index (χ3v) is 5.68. The van der Waals surface area contributed by atoms with E-state index in [4.69, 9.17) is 4.74 Å². The number of carbonyl (C=O) groups is 2. The fourth-order valence-electron chi connectivity index (χ4n) is 3.27. The second-order valence-corrected chi connectivity index (χ2v) is 7.61. The number of tetrazole rings is 1. The molecule has 1 aromatic carbocycles. The third-order valence-electron chi connectivity index (χ3n) is 4.79. The Morgan fingerprint density at radius 1 is 1.13 bits per heavy atom. The Hall–Kier alpha value is -3.31. The Morgan fingerprint density at radius 3 is 2.63 bits per heavy atom. The molecule has 0 unspecified atom stereocenters. The van der Waals surface area contributed by atoms with Gasteiger partial charge in [-0.25, -0.2) is 4.79 Å². The maximum atomic E-state index is 12.4. The van der Waals surface area contributed by atoms with Gasteiger partial charge in [-0.3, -0.25) is 9.69 Å². The lowest BCUT2D eigenvalue weighted by Gasteiger charge is -2.34. The number of rotatable bonds is 6. The molecule has 0 aliphatic carbocycles. The van der Waals surface area contributed by atoms with Gasteiger partial charge in [0.1, 0.15) is 4.88 Å². The Labute approximate surface area is 177 Å². The van der Waals surface area contributed by atoms with Crippen molar-refractivity contribution < 1.29 is 14.3 Å². The lowest BCUT2D eigenvalue weighted by Crippen LogP contribution is -2.49. The highest BCUT2D eigenvalue weighted by Gasteiger charge is 2.24. The second-order valence-electron chi connectivity index (χ2n) is 6.69. The predicted molar refractivity (Wildman–Crippen MR) is 112 cm³/mol. The third kappa shape index (κ3) is 4.31. The normalized spacial score (nSPS) is 14.5. The number of anilines is 2. The number of esters is 1. The fraction of sp³-hybridized carbons (Fsp3) is 0.316. The van der Waals surface area contributed by atoms with E-state index in [0.29, 0.717) is 42.7 Å². The van der Waals surface area contributed by atoms with Gasteiger partial charge >= 0.3 is 5.97 Å². The maximum absolute atomic E-state index is 12.4. The van der Waals surface area contributed by atoms with Gasteiger partial charge in [0, 0.05) is 26.2 Å². The Morgan fingerprint density at radius 2 is 1.90 bits per heavy atom. The number of para-hydroxylation sites is 1. The van der Waals surface area contributed by atoms with Crippen molar-refractivity contribution in [3.05, 3.63) is 46.7 Å². The largest absolute Gasteiger partial charge is 0.465 e. The van der Waals surface area contributed by atoms with Gasteiger partial charge in [0.05, 0.1) is 25.0 Å². The van der Waals surface area contributed by atoms with E-state index in [9.17, 15) is 9.59 Å². The van der Waals surface area contributed by atoms with Gasteiger partial charge in [0.25, 0.3) is 0 Å². The summed E-state index contributed by atoms with van der Waals surface area (Å²) in [6.45, 7) is 3.04. The van der Waals surface area contributed by atoms with E-state index in [-0.39, 0.29) is 12.5 Å². The van der Waals surface area contributed by atoms with Crippen molar-refractivity contribution in [3.63, 3.8) is 0 Å². The number of nitrogens with zero attached hydrogens (tertiary/aromatic N) is 6. The van der Waals surface area contributed by atoms with Crippen molar-refractivity contribution in [1.29, 1.82) is 0 Å². The SMILES string of the molecule is COC(=O)c1sccc1NC(=O)CN1CCN(c2nnnn2-c2ccccc2)CC1. The highest BCUT2D eigenvalue weighted by atomic mass is 32.1. The summed E-state index contributed by atoms with van der Waals surface area (Å²) in [5.74, 6) is 0.0671. The highest BCUT2D eigenvalue weighted by Crippen LogP contribution is 2.23. The molecule has 1 amide bonds. The number of hydrogen-bond donors (Lipinski definition) is 1. The molecular formula is C19H21N7O3S. The van der Waals surface area contributed by atoms with Gasteiger partial charge in [-0.05, 0) is 34.0 Å². The van der Waals surface area contributed by atoms with Crippen LogP contribution in [0.15, 0.2) is 41.8 Å². The lowest BCUT2D eigenvalue weighted by atomic mass is 10.3. The number of methoxy groups -OCH3 is 1. The molecule has 3 aromatic rings. The minimum Gasteiger partial charge on any atom is -0.465 e. The first-order valence-electron chi connectivity index (χ1n) is 9.42. The van der Waals surface area contributed by atoms with Crippen molar-refractivity contribution in [1.82, 2.24) is 25.1 Å². The molecule has 3 heterocycles. The summed E-state index contributed by atoms with van der Waals surface area (Å²) in [6.07, 6.45) is 0. The van der Waals surface area contributed by atoms with Crippen molar-refractivity contribution in [3.8, 4) is 5.69 Å². The van der Waals surface area contributed by atoms with Gasteiger partial charge in [-0.2, -0.15) is 4.68 Å². The van der Waals surface area contributed by atoms with Crippen LogP contribution in [0, 0.1) is 0 Å². The fourth-order valence-corrected chi connectivity index (χ4v) is 4.04. The number of ether oxygens (including phenoxy) is 1. The number of nitrogens with one attached hydrogen (secondary N) is 1. The number of carbonyl (C=O) groups excluding carboxylic acids is 2. The predicted octanol–water partition coefficient (Wildman–Crippen LogP) is 1.27. The molecule has 10 nitrogen and oxygen atoms in total. The summed E-state index contributed by atoms with van der Waals surface area (Å²) in [5.41, 5.74) is 1.38. The van der Waals surface area contributed by atoms with Crippen molar-refractivity contribution in [2.75, 3.05) is 50.1 Å². The molecular weight excluding hydrogens is 406 g/mol. The van der Waals surface area contributed by atoms with Gasteiger partial charge in [0.2, 0.25) is 11.9 Å². The van der Waals surface area contributed by atoms with Crippen LogP contribution < -0.4 is 10.2 Å². The number of thiophene rings is 1. The van der Waals surface area contributed by atoms with Crippen molar-refractivity contribution in [2.24, 2.45) is 0 Å². The molecule has 0 spiro atoms. The molecule has 2 aromatic heterocycles. The highest BCUT2D eigenvalue weighted by molar-refractivity contribution is 7.12. The topological polar surface area (TPSA) is 105 Å². The summed E-state index contributed by atoms with van der Waals surface area (Å²) in [6, 6.07) is 11.4. The van der Waals surface area contributed by atoms with Gasteiger partial charge in [-0.1, -0.05) is 23.3 Å². The average Bonchev–Trinajstić information content (AvgIpc) is 3.44. The quantitative estimate of drug-likeness (QED) is 0.587. The van der Waals surface area contributed by atoms with E-state index in [1.807, 2.05) is 30.3 Å². The van der Waals surface area contributed by atoms with Crippen LogP contribution in [0.1, 0.15) is 9.67 Å². The summed E-state index contributed by atoms with van der Waals surface area (Å²) in [5, 5.41) is 16.6. The van der Waals surface area contributed by atoms with Crippen LogP contribution in [0.3, 0.4) is 0 Å². The zero-order valence-corrected chi connectivity index (χ0v) is 17.2. The molecule has 1 aliphatic rings. The first-order valence-corrected chi connectivity index (χ1v) is 10.3. The minimum absolute atomic E-state index is 0.166. The molecule has 0 atom stereocenters. The number of aromatic nitrogens is 4. The molecule has 1 saturated heterocycles. The van der Waals surface area contributed by atoms with E-state index in [0.717, 1.165) is 5.69 Å². The van der Waals surface area contributed by atoms with Crippen LogP contribution in [0.5, 0.6) is 0 Å². The Bertz CT molecular complexity index is 1010. The van der Waals surface area contributed by atoms with Gasteiger partial charge < -0.3 is 15.0 Å². The van der Waals surface area contributed by atoms with Gasteiger partial charge in [-0.15, -0.1) is 11.3 Å². The molecule has 30 heavy (non-hydrogen) atoms. The molecule has 0 bridgehead atoms. The zero-order valence-electron chi connectivity index (χ0n) is 16.4. The molecule has 0 radical (unpaired) electrons. The molecule has 11 heteroatoms. The lowest BCUT2D eigenvalue weighted by molar-refractivity contribution is -0.117. The summed E-state index contributed by atoms with van der Waals surface area (Å²) in [4.78, 5) is 28.8. The number of benzene rings is 1. The van der Waals surface area contributed by atoms with E-state index in [1.165, 1.54) is 18.4 Å². The number of piperazine rings is 1. The van der Waals surface area contributed by atoms with Crippen molar-refractivity contribution in [2.45, 2.75) is 0 Å². The molecule has 156 valence electrons. The Balaban J connectivity index is 1.33. The standard InChI is InChI=1S/C19H21N7O3S/c1-29-18(28)17-15(7-12-30-17)20-16(27)13-24-8-10-25(11-9-24)19-21-22-23-26(19)14-5-3-2-4-6-14/h2-7,12H,8-11,13H2,1H3,(H,20,27). The van der Waals surface area contributed by atoms with Gasteiger partial charge in [0.15, 0.2) is 0 Å². The van der Waals surface area contributed by atoms with Crippen molar-refractivity contribution >= 4 is 34.8 Å². The van der Waals surface area contributed by atoms with Crippen LogP contribution >= 0.6 is 11.3 Å². The number of hydrogen-bond acceptors (Lipinski definition) is 9. The molecule has 1 aliphatic heterocycles. The molecule has 0 saturated carbocycles. The molecule has 1 N–H and O–H groups in total. The van der Waals surface area contributed by atoms with E-state index in [1.54, 1.807) is 16.1 Å². The number of amides is 1. The van der Waals surface area contributed by atoms with Crippen LogP contribution in [0.4, 0.5) is 11.6 Å². The van der Waals surface area contributed by atoms with E-state index < -0.39 is 5.97 Å².